The van der Waals surface area contributed by atoms with Crippen molar-refractivity contribution in [1.82, 2.24) is 5.32 Å². The van der Waals surface area contributed by atoms with Crippen LogP contribution in [0.5, 0.6) is 5.75 Å². The van der Waals surface area contributed by atoms with Crippen LogP contribution in [0.2, 0.25) is 0 Å². The zero-order valence-corrected chi connectivity index (χ0v) is 11.4. The van der Waals surface area contributed by atoms with Gasteiger partial charge in [0.1, 0.15) is 5.54 Å². The van der Waals surface area contributed by atoms with Gasteiger partial charge >= 0.3 is 5.69 Å². The van der Waals surface area contributed by atoms with Gasteiger partial charge in [-0.15, -0.1) is 0 Å². The second-order valence-corrected chi connectivity index (χ2v) is 4.42. The molecule has 0 heterocycles. The molecule has 0 saturated carbocycles. The van der Waals surface area contributed by atoms with Crippen LogP contribution in [0.25, 0.3) is 0 Å². The van der Waals surface area contributed by atoms with E-state index in [9.17, 15) is 14.5 Å². The van der Waals surface area contributed by atoms with E-state index in [0.717, 1.165) is 6.07 Å². The third-order valence-corrected chi connectivity index (χ3v) is 2.81. The first-order chi connectivity index (χ1) is 9.43. The first-order valence-electron chi connectivity index (χ1n) is 6.15. The lowest BCUT2D eigenvalue weighted by molar-refractivity contribution is -0.386. The van der Waals surface area contributed by atoms with E-state index in [1.807, 2.05) is 6.92 Å². The van der Waals surface area contributed by atoms with E-state index in [1.54, 1.807) is 6.92 Å². The van der Waals surface area contributed by atoms with Crippen LogP contribution in [0.15, 0.2) is 18.2 Å². The fourth-order valence-electron chi connectivity index (χ4n) is 1.72. The number of hydrogen-bond donors (Lipinski definition) is 1. The molecule has 0 aromatic heterocycles. The molecular weight excluding hydrogens is 265 g/mol. The van der Waals surface area contributed by atoms with Crippen LogP contribution in [-0.4, -0.2) is 23.6 Å². The van der Waals surface area contributed by atoms with Gasteiger partial charge in [-0.1, -0.05) is 13.0 Å². The number of nitrogens with zero attached hydrogens (tertiary/aromatic N) is 2. The van der Waals surface area contributed by atoms with E-state index in [1.165, 1.54) is 12.1 Å². The molecule has 1 aromatic rings. The molecule has 0 aliphatic rings. The van der Waals surface area contributed by atoms with Crippen molar-refractivity contribution in [3.63, 3.8) is 0 Å². The Labute approximate surface area is 116 Å². The Kier molecular flexibility index (Phi) is 5.41. The van der Waals surface area contributed by atoms with Crippen molar-refractivity contribution in [2.24, 2.45) is 0 Å². The van der Waals surface area contributed by atoms with Crippen molar-refractivity contribution in [3.05, 3.63) is 34.1 Å². The third-order valence-electron chi connectivity index (χ3n) is 2.81. The zero-order chi connectivity index (χ0) is 15.2. The molecule has 6 nitrogen and oxygen atoms in total. The molecule has 1 aromatic carbocycles. The van der Waals surface area contributed by atoms with Crippen molar-refractivity contribution in [1.29, 1.82) is 5.26 Å². The van der Waals surface area contributed by atoms with Crippen LogP contribution in [0.3, 0.4) is 0 Å². The molecule has 0 radical (unpaired) electrons. The van der Waals surface area contributed by atoms with Crippen LogP contribution in [0.1, 0.15) is 20.3 Å². The van der Waals surface area contributed by atoms with E-state index in [2.05, 4.69) is 11.4 Å². The molecule has 1 rings (SSSR count). The summed E-state index contributed by atoms with van der Waals surface area (Å²) in [6, 6.07) is 5.61. The Hall–Kier alpha value is -2.20. The van der Waals surface area contributed by atoms with Gasteiger partial charge < -0.3 is 4.74 Å². The summed E-state index contributed by atoms with van der Waals surface area (Å²) in [4.78, 5) is 10.1. The average molecular weight is 281 g/mol. The predicted octanol–water partition coefficient (Wildman–Crippen LogP) is 2.39. The third kappa shape index (κ3) is 3.90. The lowest BCUT2D eigenvalue weighted by Gasteiger charge is -2.22. The van der Waals surface area contributed by atoms with Crippen LogP contribution < -0.4 is 10.1 Å². The highest BCUT2D eigenvalue weighted by Crippen LogP contribution is 2.29. The van der Waals surface area contributed by atoms with Gasteiger partial charge in [0.25, 0.3) is 0 Å². The summed E-state index contributed by atoms with van der Waals surface area (Å²) in [7, 11) is 0. The minimum atomic E-state index is -0.811. The molecule has 0 fully saturated rings. The fourth-order valence-corrected chi connectivity index (χ4v) is 1.72. The van der Waals surface area contributed by atoms with Crippen molar-refractivity contribution >= 4 is 5.69 Å². The maximum absolute atomic E-state index is 13.6. The largest absolute Gasteiger partial charge is 0.485 e. The van der Waals surface area contributed by atoms with Gasteiger partial charge in [-0.25, -0.2) is 4.39 Å². The van der Waals surface area contributed by atoms with Crippen LogP contribution in [0.4, 0.5) is 10.1 Å². The normalized spacial score (nSPS) is 13.3. The van der Waals surface area contributed by atoms with Crippen molar-refractivity contribution < 1.29 is 14.1 Å². The van der Waals surface area contributed by atoms with Gasteiger partial charge in [0.05, 0.1) is 17.6 Å². The molecule has 1 unspecified atom stereocenters. The zero-order valence-electron chi connectivity index (χ0n) is 11.4. The molecule has 0 aliphatic carbocycles. The Morgan fingerprint density at radius 1 is 1.60 bits per heavy atom. The molecule has 0 spiro atoms. The lowest BCUT2D eigenvalue weighted by atomic mass is 10.0. The summed E-state index contributed by atoms with van der Waals surface area (Å²) in [6.07, 6.45) is 0.281. The van der Waals surface area contributed by atoms with E-state index in [4.69, 9.17) is 10.00 Å². The van der Waals surface area contributed by atoms with Gasteiger partial charge in [0, 0.05) is 12.5 Å². The number of hydrogen-bond acceptors (Lipinski definition) is 5. The summed E-state index contributed by atoms with van der Waals surface area (Å²) in [6.45, 7) is 4.15. The monoisotopic (exact) mass is 281 g/mol. The number of nitro benzene ring substituents is 1. The predicted molar refractivity (Wildman–Crippen MR) is 70.9 cm³/mol. The molecule has 0 bridgehead atoms. The van der Waals surface area contributed by atoms with Gasteiger partial charge in [-0.3, -0.25) is 15.4 Å². The van der Waals surface area contributed by atoms with Crippen LogP contribution in [-0.2, 0) is 0 Å². The quantitative estimate of drug-likeness (QED) is 0.612. The summed E-state index contributed by atoms with van der Waals surface area (Å²) in [5.41, 5.74) is -1.23. The van der Waals surface area contributed by atoms with Crippen LogP contribution in [0, 0.1) is 27.3 Å². The van der Waals surface area contributed by atoms with E-state index in [0.29, 0.717) is 6.54 Å². The maximum Gasteiger partial charge on any atom is 0.314 e. The number of halogens is 1. The van der Waals surface area contributed by atoms with Gasteiger partial charge in [0.15, 0.2) is 5.82 Å². The van der Waals surface area contributed by atoms with Gasteiger partial charge in [-0.2, -0.15) is 5.26 Å². The number of benzene rings is 1. The van der Waals surface area contributed by atoms with Crippen molar-refractivity contribution in [2.75, 3.05) is 13.2 Å². The standard InChI is InChI=1S/C13H16FN3O3/c1-3-16-13(2,9-15)7-8-20-12-10(14)5-4-6-11(12)17(18)19/h4-6,16H,3,7-8H2,1-2H3. The Bertz CT molecular complexity index is 530. The second kappa shape index (κ2) is 6.82. The molecule has 0 aliphatic heterocycles. The lowest BCUT2D eigenvalue weighted by Crippen LogP contribution is -2.42. The molecule has 1 atom stereocenters. The number of ether oxygens (including phenoxy) is 1. The van der Waals surface area contributed by atoms with Gasteiger partial charge in [-0.05, 0) is 19.5 Å². The smallest absolute Gasteiger partial charge is 0.314 e. The number of para-hydroxylation sites is 1. The number of nitro groups is 1. The maximum atomic E-state index is 13.6. The first-order valence-corrected chi connectivity index (χ1v) is 6.15. The van der Waals surface area contributed by atoms with E-state index >= 15 is 0 Å². The minimum absolute atomic E-state index is 0.00116. The van der Waals surface area contributed by atoms with Crippen molar-refractivity contribution in [3.8, 4) is 11.8 Å². The Morgan fingerprint density at radius 2 is 2.30 bits per heavy atom. The topological polar surface area (TPSA) is 88.2 Å². The highest BCUT2D eigenvalue weighted by molar-refractivity contribution is 5.46. The summed E-state index contributed by atoms with van der Waals surface area (Å²) in [5.74, 6) is -1.18. The summed E-state index contributed by atoms with van der Waals surface area (Å²) >= 11 is 0. The molecule has 0 amide bonds. The molecular formula is C13H16FN3O3. The van der Waals surface area contributed by atoms with Gasteiger partial charge in [0.2, 0.25) is 5.75 Å². The number of nitriles is 1. The van der Waals surface area contributed by atoms with Crippen molar-refractivity contribution in [2.45, 2.75) is 25.8 Å². The average Bonchev–Trinajstić information content (AvgIpc) is 2.40. The molecule has 20 heavy (non-hydrogen) atoms. The number of rotatable bonds is 7. The second-order valence-electron chi connectivity index (χ2n) is 4.42. The first kappa shape index (κ1) is 15.9. The Balaban J connectivity index is 2.76. The summed E-state index contributed by atoms with van der Waals surface area (Å²) < 4.78 is 18.7. The van der Waals surface area contributed by atoms with Crippen LogP contribution >= 0.6 is 0 Å². The molecule has 0 saturated heterocycles. The highest BCUT2D eigenvalue weighted by Gasteiger charge is 2.24. The molecule has 7 heteroatoms. The SMILES string of the molecule is CCNC(C)(C#N)CCOc1c(F)cccc1[N+](=O)[O-]. The van der Waals surface area contributed by atoms with E-state index < -0.39 is 27.7 Å². The minimum Gasteiger partial charge on any atom is -0.485 e. The fraction of sp³-hybridized carbons (Fsp3) is 0.462. The number of nitrogens with one attached hydrogen (secondary N) is 1. The molecule has 1 N–H and O–H groups in total. The Morgan fingerprint density at radius 3 is 2.85 bits per heavy atom. The summed E-state index contributed by atoms with van der Waals surface area (Å²) in [5, 5.41) is 22.8. The molecule has 108 valence electrons. The van der Waals surface area contributed by atoms with E-state index in [-0.39, 0.29) is 13.0 Å². The highest BCUT2D eigenvalue weighted by atomic mass is 19.1.